The van der Waals surface area contributed by atoms with Crippen LogP contribution in [0.15, 0.2) is 0 Å². The standard InChI is InChI=1S/C45H91NO2/c1-7-9-11-13-15-17-19-21-23-25-27-29-31-33-35-37-39-47-43-41-44(3,4)46(45(5,6)42-43)48-40-38-36-34-32-30-28-26-24-22-20-18-16-14-12-10-8-2/h43H,7-42H2,1-6H3. The van der Waals surface area contributed by atoms with Crippen molar-refractivity contribution in [1.29, 1.82) is 0 Å². The number of hydroxylamine groups is 2. The molecule has 1 aliphatic rings. The molecule has 1 fully saturated rings. The fourth-order valence-electron chi connectivity index (χ4n) is 8.35. The van der Waals surface area contributed by atoms with Gasteiger partial charge in [-0.1, -0.05) is 206 Å². The van der Waals surface area contributed by atoms with Gasteiger partial charge in [-0.3, -0.25) is 4.84 Å². The molecule has 0 N–H and O–H groups in total. The Morgan fingerprint density at radius 3 is 0.917 bits per heavy atom. The van der Waals surface area contributed by atoms with E-state index >= 15 is 0 Å². The van der Waals surface area contributed by atoms with E-state index in [1.807, 2.05) is 0 Å². The molecule has 1 saturated heterocycles. The number of unbranched alkanes of at least 4 members (excludes halogenated alkanes) is 30. The molecule has 1 rings (SSSR count). The first-order valence-electron chi connectivity index (χ1n) is 22.4. The van der Waals surface area contributed by atoms with E-state index < -0.39 is 0 Å². The highest BCUT2D eigenvalue weighted by Crippen LogP contribution is 2.40. The maximum atomic E-state index is 6.50. The first kappa shape index (κ1) is 45.9. The summed E-state index contributed by atoms with van der Waals surface area (Å²) in [6, 6.07) is 0. The molecular weight excluding hydrogens is 587 g/mol. The average molecular weight is 678 g/mol. The van der Waals surface area contributed by atoms with Crippen LogP contribution >= 0.6 is 0 Å². The number of hydrogen-bond acceptors (Lipinski definition) is 3. The zero-order valence-electron chi connectivity index (χ0n) is 34.3. The normalized spacial score (nSPS) is 16.6. The van der Waals surface area contributed by atoms with E-state index in [2.05, 4.69) is 46.6 Å². The molecule has 0 aliphatic carbocycles. The zero-order valence-corrected chi connectivity index (χ0v) is 34.3. The van der Waals surface area contributed by atoms with Crippen molar-refractivity contribution in [3.8, 4) is 0 Å². The predicted octanol–water partition coefficient (Wildman–Crippen LogP) is 15.5. The SMILES string of the molecule is CCCCCCCCCCCCCCCCCCOC1CC(C)(C)N(OCCCCCCCCCCCCCCCCCC)C(C)(C)C1. The van der Waals surface area contributed by atoms with E-state index in [0.717, 1.165) is 26.1 Å². The molecule has 0 radical (unpaired) electrons. The zero-order chi connectivity index (χ0) is 35.0. The Kier molecular flexibility index (Phi) is 30.2. The topological polar surface area (TPSA) is 21.7 Å². The van der Waals surface area contributed by atoms with Crippen molar-refractivity contribution in [3.63, 3.8) is 0 Å². The Morgan fingerprint density at radius 2 is 0.625 bits per heavy atom. The second kappa shape index (κ2) is 31.6. The van der Waals surface area contributed by atoms with Crippen molar-refractivity contribution < 1.29 is 9.57 Å². The first-order chi connectivity index (χ1) is 23.3. The Hall–Kier alpha value is -0.120. The molecule has 288 valence electrons. The summed E-state index contributed by atoms with van der Waals surface area (Å²) in [5.74, 6) is 0. The summed E-state index contributed by atoms with van der Waals surface area (Å²) in [4.78, 5) is 6.50. The van der Waals surface area contributed by atoms with Crippen LogP contribution in [0.25, 0.3) is 0 Å². The molecule has 0 saturated carbocycles. The molecule has 0 aromatic rings. The summed E-state index contributed by atoms with van der Waals surface area (Å²) in [7, 11) is 0. The fraction of sp³-hybridized carbons (Fsp3) is 1.00. The van der Waals surface area contributed by atoms with Crippen LogP contribution < -0.4 is 0 Å². The Bertz CT molecular complexity index is 643. The quantitative estimate of drug-likeness (QED) is 0.0616. The molecule has 0 aromatic heterocycles. The minimum absolute atomic E-state index is 0.0100. The van der Waals surface area contributed by atoms with Crippen LogP contribution in [0.2, 0.25) is 0 Å². The highest BCUT2D eigenvalue weighted by Gasteiger charge is 2.46. The number of rotatable bonds is 36. The maximum absolute atomic E-state index is 6.50. The van der Waals surface area contributed by atoms with E-state index in [1.54, 1.807) is 0 Å². The molecule has 0 spiro atoms. The highest BCUT2D eigenvalue weighted by molar-refractivity contribution is 4.97. The summed E-state index contributed by atoms with van der Waals surface area (Å²) in [5, 5.41) is 2.33. The summed E-state index contributed by atoms with van der Waals surface area (Å²) in [6.45, 7) is 15.8. The van der Waals surface area contributed by atoms with Gasteiger partial charge in [0.15, 0.2) is 0 Å². The second-order valence-corrected chi connectivity index (χ2v) is 17.3. The van der Waals surface area contributed by atoms with Crippen molar-refractivity contribution in [2.75, 3.05) is 13.2 Å². The van der Waals surface area contributed by atoms with Crippen LogP contribution in [0.3, 0.4) is 0 Å². The van der Waals surface area contributed by atoms with Crippen LogP contribution in [0.5, 0.6) is 0 Å². The third-order valence-electron chi connectivity index (χ3n) is 11.1. The lowest BCUT2D eigenvalue weighted by Gasteiger charge is -2.53. The van der Waals surface area contributed by atoms with Gasteiger partial charge in [-0.25, -0.2) is 0 Å². The molecule has 1 heterocycles. The molecule has 0 unspecified atom stereocenters. The van der Waals surface area contributed by atoms with Crippen molar-refractivity contribution in [2.45, 2.75) is 277 Å². The number of ether oxygens (including phenoxy) is 1. The minimum Gasteiger partial charge on any atom is -0.378 e. The first-order valence-corrected chi connectivity index (χ1v) is 22.4. The lowest BCUT2D eigenvalue weighted by molar-refractivity contribution is -0.295. The van der Waals surface area contributed by atoms with E-state index in [9.17, 15) is 0 Å². The second-order valence-electron chi connectivity index (χ2n) is 17.3. The van der Waals surface area contributed by atoms with Crippen LogP contribution in [0, 0.1) is 0 Å². The number of nitrogens with zero attached hydrogens (tertiary/aromatic N) is 1. The molecule has 0 atom stereocenters. The molecule has 1 aliphatic heterocycles. The fourth-order valence-corrected chi connectivity index (χ4v) is 8.35. The monoisotopic (exact) mass is 678 g/mol. The molecule has 3 nitrogen and oxygen atoms in total. The van der Waals surface area contributed by atoms with Gasteiger partial charge in [-0.15, -0.1) is 0 Å². The summed E-state index contributed by atoms with van der Waals surface area (Å²) < 4.78 is 6.48. The van der Waals surface area contributed by atoms with Crippen molar-refractivity contribution in [3.05, 3.63) is 0 Å². The smallest absolute Gasteiger partial charge is 0.0685 e. The minimum atomic E-state index is 0.0100. The van der Waals surface area contributed by atoms with Crippen molar-refractivity contribution in [1.82, 2.24) is 5.06 Å². The summed E-state index contributed by atoms with van der Waals surface area (Å²) >= 11 is 0. The van der Waals surface area contributed by atoms with Gasteiger partial charge in [0.05, 0.1) is 12.7 Å². The average Bonchev–Trinajstić information content (AvgIpc) is 3.04. The van der Waals surface area contributed by atoms with E-state index in [-0.39, 0.29) is 11.1 Å². The lowest BCUT2D eigenvalue weighted by atomic mass is 9.80. The van der Waals surface area contributed by atoms with Gasteiger partial charge >= 0.3 is 0 Å². The van der Waals surface area contributed by atoms with E-state index in [1.165, 1.54) is 205 Å². The third-order valence-corrected chi connectivity index (χ3v) is 11.1. The molecule has 0 aromatic carbocycles. The van der Waals surface area contributed by atoms with Crippen molar-refractivity contribution in [2.24, 2.45) is 0 Å². The molecule has 0 bridgehead atoms. The van der Waals surface area contributed by atoms with Crippen molar-refractivity contribution >= 4 is 0 Å². The van der Waals surface area contributed by atoms with Gasteiger partial charge in [0.25, 0.3) is 0 Å². The Labute approximate surface area is 304 Å². The van der Waals surface area contributed by atoms with E-state index in [0.29, 0.717) is 6.10 Å². The van der Waals surface area contributed by atoms with E-state index in [4.69, 9.17) is 9.57 Å². The molecule has 48 heavy (non-hydrogen) atoms. The largest absolute Gasteiger partial charge is 0.378 e. The summed E-state index contributed by atoms with van der Waals surface area (Å²) in [5.41, 5.74) is 0.0200. The van der Waals surface area contributed by atoms with Crippen LogP contribution in [0.1, 0.15) is 260 Å². The van der Waals surface area contributed by atoms with Gasteiger partial charge in [0, 0.05) is 17.7 Å². The van der Waals surface area contributed by atoms with Gasteiger partial charge in [-0.05, 0) is 53.4 Å². The number of piperidine rings is 1. The highest BCUT2D eigenvalue weighted by atomic mass is 16.7. The maximum Gasteiger partial charge on any atom is 0.0685 e. The lowest BCUT2D eigenvalue weighted by Crippen LogP contribution is -2.61. The molecule has 0 amide bonds. The number of hydrogen-bond donors (Lipinski definition) is 0. The Balaban J connectivity index is 1.97. The Morgan fingerprint density at radius 1 is 0.375 bits per heavy atom. The molecule has 3 heteroatoms. The van der Waals surface area contributed by atoms with Gasteiger partial charge in [0.2, 0.25) is 0 Å². The third kappa shape index (κ3) is 25.8. The predicted molar refractivity (Wildman–Crippen MR) is 214 cm³/mol. The van der Waals surface area contributed by atoms with Crippen LogP contribution in [-0.4, -0.2) is 35.5 Å². The van der Waals surface area contributed by atoms with Gasteiger partial charge in [0.1, 0.15) is 0 Å². The van der Waals surface area contributed by atoms with Gasteiger partial charge in [-0.2, -0.15) is 5.06 Å². The van der Waals surface area contributed by atoms with Gasteiger partial charge < -0.3 is 4.74 Å². The summed E-state index contributed by atoms with van der Waals surface area (Å²) in [6.07, 6.45) is 47.7. The van der Waals surface area contributed by atoms with Crippen LogP contribution in [-0.2, 0) is 9.57 Å². The molecular formula is C45H91NO2. The van der Waals surface area contributed by atoms with Crippen LogP contribution in [0.4, 0.5) is 0 Å².